The van der Waals surface area contributed by atoms with Gasteiger partial charge in [-0.3, -0.25) is 0 Å². The van der Waals surface area contributed by atoms with E-state index in [4.69, 9.17) is 4.74 Å². The van der Waals surface area contributed by atoms with Gasteiger partial charge in [-0.2, -0.15) is 0 Å². The number of methoxy groups -OCH3 is 1. The fraction of sp³-hybridized carbons (Fsp3) is 0.273. The second-order valence-corrected chi connectivity index (χ2v) is 2.59. The van der Waals surface area contributed by atoms with Crippen LogP contribution in [0.1, 0.15) is 18.1 Å². The molecule has 0 spiro atoms. The Morgan fingerprint density at radius 3 is 2.75 bits per heavy atom. The molecule has 0 aliphatic rings. The first-order chi connectivity index (χ1) is 5.83. The molecule has 0 amide bonds. The van der Waals surface area contributed by atoms with Crippen molar-refractivity contribution in [2.45, 2.75) is 13.3 Å². The van der Waals surface area contributed by atoms with Gasteiger partial charge in [-0.1, -0.05) is 31.7 Å². The maximum atomic E-state index is 5.23. The quantitative estimate of drug-likeness (QED) is 0.664. The van der Waals surface area contributed by atoms with E-state index in [2.05, 4.69) is 13.5 Å². The standard InChI is InChI=1S/C11H14O/c1-4-9-7-6-8-11(12-3)10(9)5-2/h4,6-8H,1,5H2,2-3H3. The molecule has 0 atom stereocenters. The van der Waals surface area contributed by atoms with E-state index in [1.54, 1.807) is 7.11 Å². The van der Waals surface area contributed by atoms with Crippen molar-refractivity contribution in [3.05, 3.63) is 35.9 Å². The maximum Gasteiger partial charge on any atom is 0.122 e. The molecule has 1 aromatic carbocycles. The monoisotopic (exact) mass is 162 g/mol. The second-order valence-electron chi connectivity index (χ2n) is 2.59. The highest BCUT2D eigenvalue weighted by atomic mass is 16.5. The van der Waals surface area contributed by atoms with Crippen LogP contribution in [0.2, 0.25) is 0 Å². The van der Waals surface area contributed by atoms with Crippen molar-refractivity contribution in [1.29, 1.82) is 0 Å². The van der Waals surface area contributed by atoms with Gasteiger partial charge in [-0.15, -0.1) is 0 Å². The van der Waals surface area contributed by atoms with Crippen molar-refractivity contribution in [2.24, 2.45) is 0 Å². The lowest BCUT2D eigenvalue weighted by Crippen LogP contribution is -1.92. The number of hydrogen-bond acceptors (Lipinski definition) is 1. The van der Waals surface area contributed by atoms with Crippen LogP contribution in [0.5, 0.6) is 5.75 Å². The van der Waals surface area contributed by atoms with Crippen LogP contribution in [0.3, 0.4) is 0 Å². The van der Waals surface area contributed by atoms with E-state index in [0.717, 1.165) is 17.7 Å². The van der Waals surface area contributed by atoms with Crippen LogP contribution in [-0.2, 0) is 6.42 Å². The summed E-state index contributed by atoms with van der Waals surface area (Å²) in [6.45, 7) is 5.88. The van der Waals surface area contributed by atoms with Gasteiger partial charge in [0, 0.05) is 5.56 Å². The van der Waals surface area contributed by atoms with Crippen LogP contribution in [0.25, 0.3) is 6.08 Å². The third kappa shape index (κ3) is 1.50. The summed E-state index contributed by atoms with van der Waals surface area (Å²) >= 11 is 0. The van der Waals surface area contributed by atoms with Gasteiger partial charge in [0.15, 0.2) is 0 Å². The van der Waals surface area contributed by atoms with Crippen LogP contribution in [0.4, 0.5) is 0 Å². The van der Waals surface area contributed by atoms with Crippen molar-refractivity contribution in [3.63, 3.8) is 0 Å². The Hall–Kier alpha value is -1.24. The normalized spacial score (nSPS) is 9.50. The molecule has 0 N–H and O–H groups in total. The first-order valence-electron chi connectivity index (χ1n) is 4.11. The van der Waals surface area contributed by atoms with Gasteiger partial charge in [0.05, 0.1) is 7.11 Å². The molecule has 0 aliphatic heterocycles. The molecule has 0 bridgehead atoms. The minimum atomic E-state index is 0.954. The lowest BCUT2D eigenvalue weighted by atomic mass is 10.0. The molecule has 1 nitrogen and oxygen atoms in total. The van der Waals surface area contributed by atoms with Crippen LogP contribution in [0.15, 0.2) is 24.8 Å². The summed E-state index contributed by atoms with van der Waals surface area (Å²) in [5.41, 5.74) is 2.40. The Kier molecular flexibility index (Phi) is 2.92. The van der Waals surface area contributed by atoms with E-state index in [-0.39, 0.29) is 0 Å². The highest BCUT2D eigenvalue weighted by molar-refractivity contribution is 5.56. The predicted octanol–water partition coefficient (Wildman–Crippen LogP) is 2.90. The van der Waals surface area contributed by atoms with Crippen molar-refractivity contribution in [3.8, 4) is 5.75 Å². The van der Waals surface area contributed by atoms with Gasteiger partial charge in [-0.25, -0.2) is 0 Å². The lowest BCUT2D eigenvalue weighted by molar-refractivity contribution is 0.410. The van der Waals surface area contributed by atoms with Gasteiger partial charge in [0.25, 0.3) is 0 Å². The van der Waals surface area contributed by atoms with Crippen molar-refractivity contribution in [1.82, 2.24) is 0 Å². The van der Waals surface area contributed by atoms with Crippen molar-refractivity contribution >= 4 is 6.08 Å². The summed E-state index contributed by atoms with van der Waals surface area (Å²) in [6.07, 6.45) is 2.84. The van der Waals surface area contributed by atoms with E-state index in [0.29, 0.717) is 0 Å². The van der Waals surface area contributed by atoms with E-state index in [1.165, 1.54) is 5.56 Å². The Morgan fingerprint density at radius 1 is 1.50 bits per heavy atom. The molecule has 0 heterocycles. The number of benzene rings is 1. The summed E-state index contributed by atoms with van der Waals surface area (Å²) in [5, 5.41) is 0. The first kappa shape index (κ1) is 8.85. The highest BCUT2D eigenvalue weighted by Gasteiger charge is 2.02. The highest BCUT2D eigenvalue weighted by Crippen LogP contribution is 2.23. The first-order valence-corrected chi connectivity index (χ1v) is 4.11. The van der Waals surface area contributed by atoms with Crippen molar-refractivity contribution < 1.29 is 4.74 Å². The molecule has 64 valence electrons. The van der Waals surface area contributed by atoms with Crippen LogP contribution in [0, 0.1) is 0 Å². The zero-order chi connectivity index (χ0) is 8.97. The third-order valence-corrected chi connectivity index (χ3v) is 1.96. The minimum Gasteiger partial charge on any atom is -0.496 e. The molecular formula is C11H14O. The molecule has 0 unspecified atom stereocenters. The van der Waals surface area contributed by atoms with E-state index < -0.39 is 0 Å². The minimum absolute atomic E-state index is 0.954. The zero-order valence-corrected chi connectivity index (χ0v) is 7.63. The predicted molar refractivity (Wildman–Crippen MR) is 52.5 cm³/mol. The molecule has 0 aliphatic carbocycles. The summed E-state index contributed by atoms with van der Waals surface area (Å²) in [4.78, 5) is 0. The number of ether oxygens (including phenoxy) is 1. The van der Waals surface area contributed by atoms with Gasteiger partial charge in [0.1, 0.15) is 5.75 Å². The molecule has 1 heteroatoms. The smallest absolute Gasteiger partial charge is 0.122 e. The van der Waals surface area contributed by atoms with Gasteiger partial charge in [0.2, 0.25) is 0 Å². The Bertz CT molecular complexity index is 276. The van der Waals surface area contributed by atoms with Gasteiger partial charge >= 0.3 is 0 Å². The summed E-state index contributed by atoms with van der Waals surface area (Å²) < 4.78 is 5.23. The second kappa shape index (κ2) is 3.96. The Morgan fingerprint density at radius 2 is 2.25 bits per heavy atom. The molecule has 0 saturated heterocycles. The molecular weight excluding hydrogens is 148 g/mol. The van der Waals surface area contributed by atoms with Crippen LogP contribution in [-0.4, -0.2) is 7.11 Å². The summed E-state index contributed by atoms with van der Waals surface area (Å²) in [5.74, 6) is 0.954. The largest absolute Gasteiger partial charge is 0.496 e. The Balaban J connectivity index is 3.21. The zero-order valence-electron chi connectivity index (χ0n) is 7.63. The number of rotatable bonds is 3. The number of hydrogen-bond donors (Lipinski definition) is 0. The van der Waals surface area contributed by atoms with Gasteiger partial charge < -0.3 is 4.74 Å². The third-order valence-electron chi connectivity index (χ3n) is 1.96. The maximum absolute atomic E-state index is 5.23. The van der Waals surface area contributed by atoms with E-state index in [1.807, 2.05) is 24.3 Å². The molecule has 0 aromatic heterocycles. The molecule has 0 saturated carbocycles. The molecule has 0 fully saturated rings. The summed E-state index contributed by atoms with van der Waals surface area (Å²) in [7, 11) is 1.70. The fourth-order valence-corrected chi connectivity index (χ4v) is 1.34. The van der Waals surface area contributed by atoms with Gasteiger partial charge in [-0.05, 0) is 18.1 Å². The van der Waals surface area contributed by atoms with Crippen LogP contribution < -0.4 is 4.74 Å². The van der Waals surface area contributed by atoms with E-state index >= 15 is 0 Å². The summed E-state index contributed by atoms with van der Waals surface area (Å²) in [6, 6.07) is 6.01. The average Bonchev–Trinajstić information content (AvgIpc) is 2.16. The molecule has 1 rings (SSSR count). The fourth-order valence-electron chi connectivity index (χ4n) is 1.34. The Labute approximate surface area is 73.7 Å². The van der Waals surface area contributed by atoms with E-state index in [9.17, 15) is 0 Å². The van der Waals surface area contributed by atoms with Crippen LogP contribution >= 0.6 is 0 Å². The topological polar surface area (TPSA) is 9.23 Å². The SMILES string of the molecule is C=Cc1cccc(OC)c1CC. The van der Waals surface area contributed by atoms with Crippen molar-refractivity contribution in [2.75, 3.05) is 7.11 Å². The lowest BCUT2D eigenvalue weighted by Gasteiger charge is -2.08. The average molecular weight is 162 g/mol. The molecule has 0 radical (unpaired) electrons. The molecule has 12 heavy (non-hydrogen) atoms. The molecule has 1 aromatic rings.